The largest absolute Gasteiger partial charge is 0.497 e. The summed E-state index contributed by atoms with van der Waals surface area (Å²) in [5.74, 6) is -0.587. The zero-order chi connectivity index (χ0) is 12.3. The number of ether oxygens (including phenoxy) is 1. The van der Waals surface area contributed by atoms with Crippen LogP contribution in [0.3, 0.4) is 0 Å². The number of benzene rings is 1. The molecule has 0 saturated heterocycles. The van der Waals surface area contributed by atoms with Gasteiger partial charge >= 0.3 is 0 Å². The molecule has 1 aromatic rings. The van der Waals surface area contributed by atoms with E-state index in [0.29, 0.717) is 12.2 Å². The van der Waals surface area contributed by atoms with Crippen LogP contribution in [-0.4, -0.2) is 12.6 Å². The highest BCUT2D eigenvalue weighted by atomic mass is 35.5. The Balaban J connectivity index is 1.97. The third-order valence-electron chi connectivity index (χ3n) is 2.54. The standard InChI is InChI=1S/C12H12Cl2FNO/c13-10-5-8(6-11(14)12(10)15)16-7-9-3-1-2-4-17-9/h2,4-6,9,16H,1,3,7H2. The van der Waals surface area contributed by atoms with Crippen LogP contribution in [0.4, 0.5) is 10.1 Å². The molecule has 1 heterocycles. The van der Waals surface area contributed by atoms with Crippen LogP contribution in [0.25, 0.3) is 0 Å². The van der Waals surface area contributed by atoms with Gasteiger partial charge in [0.25, 0.3) is 0 Å². The van der Waals surface area contributed by atoms with Crippen molar-refractivity contribution in [3.8, 4) is 0 Å². The maximum absolute atomic E-state index is 13.2. The van der Waals surface area contributed by atoms with Gasteiger partial charge in [-0.05, 0) is 31.1 Å². The van der Waals surface area contributed by atoms with Gasteiger partial charge in [0.2, 0.25) is 0 Å². The van der Waals surface area contributed by atoms with Crippen molar-refractivity contribution in [2.45, 2.75) is 18.9 Å². The zero-order valence-corrected chi connectivity index (χ0v) is 10.6. The lowest BCUT2D eigenvalue weighted by Gasteiger charge is -2.20. The Morgan fingerprint density at radius 1 is 1.35 bits per heavy atom. The molecule has 0 spiro atoms. The first kappa shape index (κ1) is 12.5. The zero-order valence-electron chi connectivity index (χ0n) is 9.05. The summed E-state index contributed by atoms with van der Waals surface area (Å²) < 4.78 is 18.6. The Labute approximate surface area is 109 Å². The molecule has 17 heavy (non-hydrogen) atoms. The molecule has 1 aliphatic heterocycles. The third kappa shape index (κ3) is 3.27. The lowest BCUT2D eigenvalue weighted by atomic mass is 10.1. The van der Waals surface area contributed by atoms with Gasteiger partial charge in [-0.15, -0.1) is 0 Å². The molecule has 0 bridgehead atoms. The average molecular weight is 276 g/mol. The summed E-state index contributed by atoms with van der Waals surface area (Å²) in [5.41, 5.74) is 0.694. The lowest BCUT2D eigenvalue weighted by molar-refractivity contribution is 0.135. The Morgan fingerprint density at radius 2 is 2.06 bits per heavy atom. The van der Waals surface area contributed by atoms with Crippen LogP contribution in [0.15, 0.2) is 24.5 Å². The van der Waals surface area contributed by atoms with Gasteiger partial charge in [-0.3, -0.25) is 0 Å². The maximum atomic E-state index is 13.2. The van der Waals surface area contributed by atoms with E-state index in [1.165, 1.54) is 12.1 Å². The summed E-state index contributed by atoms with van der Waals surface area (Å²) in [7, 11) is 0. The van der Waals surface area contributed by atoms with E-state index in [1.54, 1.807) is 6.26 Å². The van der Waals surface area contributed by atoms with Gasteiger partial charge in [-0.2, -0.15) is 0 Å². The van der Waals surface area contributed by atoms with E-state index in [-0.39, 0.29) is 16.1 Å². The highest BCUT2D eigenvalue weighted by molar-refractivity contribution is 6.35. The summed E-state index contributed by atoms with van der Waals surface area (Å²) in [6.07, 6.45) is 5.80. The average Bonchev–Trinajstić information content (AvgIpc) is 2.34. The molecule has 0 radical (unpaired) electrons. The molecule has 0 amide bonds. The number of halogens is 3. The maximum Gasteiger partial charge on any atom is 0.160 e. The number of allylic oxidation sites excluding steroid dienone is 1. The second-order valence-electron chi connectivity index (χ2n) is 3.84. The topological polar surface area (TPSA) is 21.3 Å². The number of hydrogen-bond acceptors (Lipinski definition) is 2. The van der Waals surface area contributed by atoms with Crippen LogP contribution in [0, 0.1) is 5.82 Å². The molecule has 0 aromatic heterocycles. The van der Waals surface area contributed by atoms with Crippen molar-refractivity contribution in [2.75, 3.05) is 11.9 Å². The second-order valence-corrected chi connectivity index (χ2v) is 4.66. The van der Waals surface area contributed by atoms with Crippen LogP contribution in [0.5, 0.6) is 0 Å². The summed E-state index contributed by atoms with van der Waals surface area (Å²) in [6, 6.07) is 3.03. The quantitative estimate of drug-likeness (QED) is 0.834. The Bertz CT molecular complexity index is 414. The van der Waals surface area contributed by atoms with Crippen molar-refractivity contribution in [1.82, 2.24) is 0 Å². The normalized spacial score (nSPS) is 18.9. The van der Waals surface area contributed by atoms with Crippen molar-refractivity contribution < 1.29 is 9.13 Å². The molecule has 0 aliphatic carbocycles. The molecule has 1 atom stereocenters. The van der Waals surface area contributed by atoms with Crippen molar-refractivity contribution in [1.29, 1.82) is 0 Å². The van der Waals surface area contributed by atoms with E-state index in [9.17, 15) is 4.39 Å². The van der Waals surface area contributed by atoms with Crippen LogP contribution in [-0.2, 0) is 4.74 Å². The molecular weight excluding hydrogens is 264 g/mol. The highest BCUT2D eigenvalue weighted by Crippen LogP contribution is 2.27. The van der Waals surface area contributed by atoms with Crippen LogP contribution < -0.4 is 5.32 Å². The minimum atomic E-state index is -0.587. The van der Waals surface area contributed by atoms with Gasteiger partial charge in [-0.25, -0.2) is 4.39 Å². The monoisotopic (exact) mass is 275 g/mol. The predicted octanol–water partition coefficient (Wildman–Crippen LogP) is 4.24. The van der Waals surface area contributed by atoms with Gasteiger partial charge in [-0.1, -0.05) is 23.2 Å². The van der Waals surface area contributed by atoms with Gasteiger partial charge < -0.3 is 10.1 Å². The van der Waals surface area contributed by atoms with Gasteiger partial charge in [0.15, 0.2) is 5.82 Å². The summed E-state index contributed by atoms with van der Waals surface area (Å²) in [6.45, 7) is 0.641. The van der Waals surface area contributed by atoms with E-state index >= 15 is 0 Å². The van der Waals surface area contributed by atoms with Gasteiger partial charge in [0, 0.05) is 5.69 Å². The summed E-state index contributed by atoms with van der Waals surface area (Å²) in [4.78, 5) is 0. The molecule has 0 fully saturated rings. The van der Waals surface area contributed by atoms with E-state index in [0.717, 1.165) is 12.8 Å². The summed E-state index contributed by atoms with van der Waals surface area (Å²) >= 11 is 11.4. The van der Waals surface area contributed by atoms with Crippen molar-refractivity contribution in [3.05, 3.63) is 40.3 Å². The van der Waals surface area contributed by atoms with Gasteiger partial charge in [0.1, 0.15) is 6.10 Å². The first-order valence-electron chi connectivity index (χ1n) is 5.35. The predicted molar refractivity (Wildman–Crippen MR) is 68.2 cm³/mol. The Morgan fingerprint density at radius 3 is 2.65 bits per heavy atom. The molecule has 1 aliphatic rings. The molecule has 0 saturated carbocycles. The van der Waals surface area contributed by atoms with Crippen LogP contribution in [0.2, 0.25) is 10.0 Å². The second kappa shape index (κ2) is 5.61. The Kier molecular flexibility index (Phi) is 4.13. The lowest BCUT2D eigenvalue weighted by Crippen LogP contribution is -2.22. The first-order chi connectivity index (χ1) is 8.16. The number of anilines is 1. The van der Waals surface area contributed by atoms with Crippen LogP contribution in [0.1, 0.15) is 12.8 Å². The molecule has 1 N–H and O–H groups in total. The number of hydrogen-bond donors (Lipinski definition) is 1. The molecule has 1 aromatic carbocycles. The van der Waals surface area contributed by atoms with Crippen molar-refractivity contribution >= 4 is 28.9 Å². The fourth-order valence-electron chi connectivity index (χ4n) is 1.62. The minimum absolute atomic E-state index is 0.0180. The van der Waals surface area contributed by atoms with Crippen LogP contribution >= 0.6 is 23.2 Å². The highest BCUT2D eigenvalue weighted by Gasteiger charge is 2.12. The molecular formula is C12H12Cl2FNO. The minimum Gasteiger partial charge on any atom is -0.497 e. The van der Waals surface area contributed by atoms with Gasteiger partial charge in [0.05, 0.1) is 22.9 Å². The fraction of sp³-hybridized carbons (Fsp3) is 0.333. The third-order valence-corrected chi connectivity index (χ3v) is 3.09. The number of nitrogens with one attached hydrogen (secondary N) is 1. The van der Waals surface area contributed by atoms with E-state index in [2.05, 4.69) is 5.32 Å². The molecule has 2 nitrogen and oxygen atoms in total. The summed E-state index contributed by atoms with van der Waals surface area (Å²) in [5, 5.41) is 3.16. The SMILES string of the molecule is Fc1c(Cl)cc(NCC2CCC=CO2)cc1Cl. The molecule has 5 heteroatoms. The van der Waals surface area contributed by atoms with E-state index in [4.69, 9.17) is 27.9 Å². The molecule has 92 valence electrons. The first-order valence-corrected chi connectivity index (χ1v) is 6.11. The fourth-order valence-corrected chi connectivity index (χ4v) is 2.11. The number of rotatable bonds is 3. The van der Waals surface area contributed by atoms with E-state index in [1.807, 2.05) is 6.08 Å². The van der Waals surface area contributed by atoms with Crippen molar-refractivity contribution in [3.63, 3.8) is 0 Å². The Hall–Kier alpha value is -0.930. The molecule has 1 unspecified atom stereocenters. The molecule has 2 rings (SSSR count). The van der Waals surface area contributed by atoms with E-state index < -0.39 is 5.82 Å². The van der Waals surface area contributed by atoms with Crippen molar-refractivity contribution in [2.24, 2.45) is 0 Å². The smallest absolute Gasteiger partial charge is 0.160 e.